The molecule has 3 rings (SSSR count). The molecule has 1 heterocycles. The van der Waals surface area contributed by atoms with E-state index in [-0.39, 0.29) is 11.7 Å². The molecular weight excluding hydrogens is 362 g/mol. The number of rotatable bonds is 5. The van der Waals surface area contributed by atoms with Gasteiger partial charge in [-0.05, 0) is 63.2 Å². The second-order valence-corrected chi connectivity index (χ2v) is 8.64. The van der Waals surface area contributed by atoms with E-state index in [1.54, 1.807) is 35.2 Å². The second-order valence-electron chi connectivity index (χ2n) is 6.70. The summed E-state index contributed by atoms with van der Waals surface area (Å²) in [4.78, 5) is 14.9. The van der Waals surface area contributed by atoms with Gasteiger partial charge in [-0.2, -0.15) is 0 Å². The summed E-state index contributed by atoms with van der Waals surface area (Å²) in [7, 11) is -3.30. The Kier molecular flexibility index (Phi) is 5.37. The standard InChI is InChI=1S/C21H23NO4S/c1-4-26-20-7-5-18(6-8-20)22(19-9-10-27(24,25)14-19)21(23)17-12-15(2)11-16(3)13-17/h5-13,19H,4,14H2,1-3H3. The molecule has 1 aliphatic rings. The number of carbonyl (C=O) groups excluding carboxylic acids is 1. The highest BCUT2D eigenvalue weighted by Crippen LogP contribution is 2.27. The molecule has 5 nitrogen and oxygen atoms in total. The summed E-state index contributed by atoms with van der Waals surface area (Å²) < 4.78 is 29.3. The topological polar surface area (TPSA) is 63.7 Å². The van der Waals surface area contributed by atoms with Crippen LogP contribution in [-0.2, 0) is 9.84 Å². The highest BCUT2D eigenvalue weighted by molar-refractivity contribution is 7.94. The first-order valence-corrected chi connectivity index (χ1v) is 10.6. The van der Waals surface area contributed by atoms with Crippen molar-refractivity contribution in [1.82, 2.24) is 0 Å². The Morgan fingerprint density at radius 2 is 1.74 bits per heavy atom. The average Bonchev–Trinajstić information content (AvgIpc) is 2.95. The highest BCUT2D eigenvalue weighted by atomic mass is 32.2. The van der Waals surface area contributed by atoms with E-state index >= 15 is 0 Å². The number of carbonyl (C=O) groups is 1. The lowest BCUT2D eigenvalue weighted by atomic mass is 10.0. The zero-order chi connectivity index (χ0) is 19.6. The Morgan fingerprint density at radius 1 is 1.11 bits per heavy atom. The third-order valence-corrected chi connectivity index (χ3v) is 5.73. The molecule has 0 saturated carbocycles. The van der Waals surface area contributed by atoms with Crippen molar-refractivity contribution in [3.05, 3.63) is 70.6 Å². The van der Waals surface area contributed by atoms with Crippen molar-refractivity contribution in [3.8, 4) is 5.75 Å². The van der Waals surface area contributed by atoms with E-state index in [0.717, 1.165) is 11.1 Å². The summed E-state index contributed by atoms with van der Waals surface area (Å²) in [6.45, 7) is 6.32. The third kappa shape index (κ3) is 4.39. The summed E-state index contributed by atoms with van der Waals surface area (Å²) in [6.07, 6.45) is 1.58. The van der Waals surface area contributed by atoms with Gasteiger partial charge in [0.15, 0.2) is 9.84 Å². The first kappa shape index (κ1) is 19.2. The predicted octanol–water partition coefficient (Wildman–Crippen LogP) is 3.66. The van der Waals surface area contributed by atoms with Gasteiger partial charge >= 0.3 is 0 Å². The summed E-state index contributed by atoms with van der Waals surface area (Å²) in [5, 5.41) is 1.19. The first-order valence-electron chi connectivity index (χ1n) is 8.85. The molecule has 142 valence electrons. The zero-order valence-corrected chi connectivity index (χ0v) is 16.5. The fraction of sp³-hybridized carbons (Fsp3) is 0.286. The number of amides is 1. The van der Waals surface area contributed by atoms with Gasteiger partial charge in [0.1, 0.15) is 5.75 Å². The summed E-state index contributed by atoms with van der Waals surface area (Å²) in [5.74, 6) is 0.365. The number of anilines is 1. The van der Waals surface area contributed by atoms with Gasteiger partial charge < -0.3 is 9.64 Å². The van der Waals surface area contributed by atoms with E-state index in [2.05, 4.69) is 0 Å². The van der Waals surface area contributed by atoms with Gasteiger partial charge in [0.05, 0.1) is 18.4 Å². The van der Waals surface area contributed by atoms with Gasteiger partial charge in [-0.3, -0.25) is 4.79 Å². The van der Waals surface area contributed by atoms with Crippen molar-refractivity contribution < 1.29 is 17.9 Å². The number of sulfone groups is 1. The van der Waals surface area contributed by atoms with Crippen LogP contribution in [-0.4, -0.2) is 32.7 Å². The number of aryl methyl sites for hydroxylation is 2. The lowest BCUT2D eigenvalue weighted by Crippen LogP contribution is -2.41. The van der Waals surface area contributed by atoms with Crippen LogP contribution in [0.4, 0.5) is 5.69 Å². The molecule has 0 saturated heterocycles. The molecule has 1 unspecified atom stereocenters. The van der Waals surface area contributed by atoms with E-state index in [9.17, 15) is 13.2 Å². The maximum Gasteiger partial charge on any atom is 0.258 e. The van der Waals surface area contributed by atoms with Crippen LogP contribution in [0.5, 0.6) is 5.75 Å². The lowest BCUT2D eigenvalue weighted by molar-refractivity contribution is 0.0983. The van der Waals surface area contributed by atoms with Crippen molar-refractivity contribution in [2.75, 3.05) is 17.3 Å². The molecule has 1 amide bonds. The monoisotopic (exact) mass is 385 g/mol. The fourth-order valence-electron chi connectivity index (χ4n) is 3.29. The molecule has 27 heavy (non-hydrogen) atoms. The fourth-order valence-corrected chi connectivity index (χ4v) is 4.55. The molecular formula is C21H23NO4S. The van der Waals surface area contributed by atoms with Crippen LogP contribution in [0.1, 0.15) is 28.4 Å². The number of hydrogen-bond donors (Lipinski definition) is 0. The maximum absolute atomic E-state index is 13.3. The van der Waals surface area contributed by atoms with Gasteiger partial charge in [0.2, 0.25) is 0 Å². The quantitative estimate of drug-likeness (QED) is 0.788. The first-order chi connectivity index (χ1) is 12.8. The van der Waals surface area contributed by atoms with Crippen molar-refractivity contribution >= 4 is 21.4 Å². The minimum absolute atomic E-state index is 0.114. The van der Waals surface area contributed by atoms with Crippen molar-refractivity contribution in [2.24, 2.45) is 0 Å². The van der Waals surface area contributed by atoms with Gasteiger partial charge in [0.25, 0.3) is 5.91 Å². The third-order valence-electron chi connectivity index (χ3n) is 4.36. The number of ether oxygens (including phenoxy) is 1. The molecule has 6 heteroatoms. The molecule has 0 aliphatic carbocycles. The van der Waals surface area contributed by atoms with E-state index in [4.69, 9.17) is 4.74 Å². The summed E-state index contributed by atoms with van der Waals surface area (Å²) in [5.41, 5.74) is 3.15. The van der Waals surface area contributed by atoms with Crippen molar-refractivity contribution in [3.63, 3.8) is 0 Å². The normalized spacial score (nSPS) is 17.7. The molecule has 0 N–H and O–H groups in total. The molecule has 2 aromatic rings. The predicted molar refractivity (Wildman–Crippen MR) is 107 cm³/mol. The Hall–Kier alpha value is -2.60. The molecule has 0 aromatic heterocycles. The Bertz CT molecular complexity index is 957. The smallest absolute Gasteiger partial charge is 0.258 e. The Labute approximate surface area is 160 Å². The SMILES string of the molecule is CCOc1ccc(N(C(=O)c2cc(C)cc(C)c2)C2C=CS(=O)(=O)C2)cc1. The lowest BCUT2D eigenvalue weighted by Gasteiger charge is -2.28. The largest absolute Gasteiger partial charge is 0.494 e. The van der Waals surface area contributed by atoms with Crippen LogP contribution < -0.4 is 9.64 Å². The number of nitrogens with zero attached hydrogens (tertiary/aromatic N) is 1. The van der Waals surface area contributed by atoms with E-state index in [1.807, 2.05) is 39.0 Å². The second kappa shape index (κ2) is 7.56. The highest BCUT2D eigenvalue weighted by Gasteiger charge is 2.32. The average molecular weight is 385 g/mol. The van der Waals surface area contributed by atoms with E-state index < -0.39 is 15.9 Å². The van der Waals surface area contributed by atoms with Crippen molar-refractivity contribution in [2.45, 2.75) is 26.8 Å². The number of hydrogen-bond acceptors (Lipinski definition) is 4. The van der Waals surface area contributed by atoms with Gasteiger partial charge in [-0.1, -0.05) is 17.2 Å². The zero-order valence-electron chi connectivity index (χ0n) is 15.7. The minimum Gasteiger partial charge on any atom is -0.494 e. The maximum atomic E-state index is 13.3. The van der Waals surface area contributed by atoms with Gasteiger partial charge in [-0.15, -0.1) is 0 Å². The molecule has 0 bridgehead atoms. The molecule has 0 radical (unpaired) electrons. The molecule has 1 atom stereocenters. The Balaban J connectivity index is 2.02. The molecule has 1 aliphatic heterocycles. The Morgan fingerprint density at radius 3 is 2.26 bits per heavy atom. The van der Waals surface area contributed by atoms with Crippen LogP contribution >= 0.6 is 0 Å². The minimum atomic E-state index is -3.30. The van der Waals surface area contributed by atoms with E-state index in [0.29, 0.717) is 23.6 Å². The van der Waals surface area contributed by atoms with Crippen LogP contribution in [0, 0.1) is 13.8 Å². The van der Waals surface area contributed by atoms with Gasteiger partial charge in [0, 0.05) is 16.7 Å². The summed E-state index contributed by atoms with van der Waals surface area (Å²) in [6, 6.07) is 12.2. The summed E-state index contributed by atoms with van der Waals surface area (Å²) >= 11 is 0. The van der Waals surface area contributed by atoms with Crippen molar-refractivity contribution in [1.29, 1.82) is 0 Å². The molecule has 0 fully saturated rings. The van der Waals surface area contributed by atoms with Crippen LogP contribution in [0.2, 0.25) is 0 Å². The number of benzene rings is 2. The molecule has 0 spiro atoms. The van der Waals surface area contributed by atoms with Gasteiger partial charge in [-0.25, -0.2) is 8.42 Å². The van der Waals surface area contributed by atoms with Crippen LogP contribution in [0.15, 0.2) is 53.9 Å². The van der Waals surface area contributed by atoms with E-state index in [1.165, 1.54) is 5.41 Å². The van der Waals surface area contributed by atoms with Crippen LogP contribution in [0.3, 0.4) is 0 Å². The van der Waals surface area contributed by atoms with Crippen LogP contribution in [0.25, 0.3) is 0 Å². The molecule has 2 aromatic carbocycles.